The van der Waals surface area contributed by atoms with Gasteiger partial charge in [0.15, 0.2) is 0 Å². The quantitative estimate of drug-likeness (QED) is 0.504. The second-order valence-corrected chi connectivity index (χ2v) is 7.70. The molecule has 7 atom stereocenters. The molecule has 0 saturated heterocycles. The Morgan fingerprint density at radius 3 is 2.53 bits per heavy atom. The maximum absolute atomic E-state index is 12.5. The summed E-state index contributed by atoms with van der Waals surface area (Å²) in [7, 11) is 0. The topological polar surface area (TPSA) is 34.1 Å². The Hall–Kier alpha value is -0.370. The molecule has 0 aromatic heterocycles. The van der Waals surface area contributed by atoms with Gasteiger partial charge in [-0.05, 0) is 49.4 Å². The van der Waals surface area contributed by atoms with E-state index >= 15 is 0 Å². The Bertz CT molecular complexity index is 432. The molecule has 0 N–H and O–H groups in total. The Labute approximate surface area is 119 Å². The molecule has 0 amide bonds. The third kappa shape index (κ3) is 1.62. The van der Waals surface area contributed by atoms with Gasteiger partial charge in [-0.15, -0.1) is 11.6 Å². The third-order valence-electron chi connectivity index (χ3n) is 6.48. The van der Waals surface area contributed by atoms with Gasteiger partial charge in [0.25, 0.3) is 0 Å². The largest absolute Gasteiger partial charge is 0.291 e. The first-order chi connectivity index (χ1) is 9.18. The lowest BCUT2D eigenvalue weighted by Crippen LogP contribution is -2.47. The summed E-state index contributed by atoms with van der Waals surface area (Å²) in [5, 5.41) is 0.199. The summed E-state index contributed by atoms with van der Waals surface area (Å²) in [5.41, 5.74) is 0. The smallest absolute Gasteiger partial charge is 0.202 e. The number of hydrogen-bond acceptors (Lipinski definition) is 2. The molecular formula is C16H21ClO2. The van der Waals surface area contributed by atoms with Crippen LogP contribution < -0.4 is 0 Å². The van der Waals surface area contributed by atoms with E-state index in [4.69, 9.17) is 11.6 Å². The van der Waals surface area contributed by atoms with Crippen molar-refractivity contribution < 1.29 is 9.59 Å². The number of ketones is 2. The molecule has 3 heteroatoms. The van der Waals surface area contributed by atoms with E-state index in [9.17, 15) is 9.59 Å². The molecule has 4 fully saturated rings. The number of rotatable bonds is 0. The molecule has 0 aromatic carbocycles. The first kappa shape index (κ1) is 12.4. The van der Waals surface area contributed by atoms with Gasteiger partial charge in [-0.2, -0.15) is 0 Å². The summed E-state index contributed by atoms with van der Waals surface area (Å²) in [6.45, 7) is 0. The standard InChI is InChI=1S/C16H21ClO2/c17-12-6-5-10-13-11(12)7-8-3-1-2-4-9(8)14(13)16(19)15(10)18/h8-14H,1-7H2. The molecule has 4 rings (SSSR count). The second kappa shape index (κ2) is 4.31. The second-order valence-electron chi connectivity index (χ2n) is 7.14. The molecule has 0 bridgehead atoms. The van der Waals surface area contributed by atoms with Crippen molar-refractivity contribution in [2.45, 2.75) is 50.3 Å². The highest BCUT2D eigenvalue weighted by atomic mass is 35.5. The minimum absolute atomic E-state index is 0.0256. The Morgan fingerprint density at radius 2 is 1.68 bits per heavy atom. The first-order valence-electron chi connectivity index (χ1n) is 7.90. The van der Waals surface area contributed by atoms with Crippen molar-refractivity contribution in [3.05, 3.63) is 0 Å². The van der Waals surface area contributed by atoms with Crippen LogP contribution in [0, 0.1) is 35.5 Å². The fourth-order valence-electron chi connectivity index (χ4n) is 5.77. The van der Waals surface area contributed by atoms with Gasteiger partial charge in [-0.1, -0.05) is 19.3 Å². The van der Waals surface area contributed by atoms with Crippen molar-refractivity contribution in [3.8, 4) is 0 Å². The maximum Gasteiger partial charge on any atom is 0.202 e. The van der Waals surface area contributed by atoms with Crippen LogP contribution in [0.1, 0.15) is 44.9 Å². The number of alkyl halides is 1. The number of carbonyl (C=O) groups excluding carboxylic acids is 2. The molecule has 7 unspecified atom stereocenters. The van der Waals surface area contributed by atoms with Crippen molar-refractivity contribution >= 4 is 23.2 Å². The molecule has 4 saturated carbocycles. The SMILES string of the molecule is O=C1C(=O)C2C3CCCCC3CC3C(Cl)CCC1C32. The highest BCUT2D eigenvalue weighted by Gasteiger charge is 2.61. The average Bonchev–Trinajstić information content (AvgIpc) is 2.69. The molecule has 104 valence electrons. The van der Waals surface area contributed by atoms with Gasteiger partial charge in [-0.3, -0.25) is 9.59 Å². The molecule has 0 radical (unpaired) electrons. The summed E-state index contributed by atoms with van der Waals surface area (Å²) < 4.78 is 0. The summed E-state index contributed by atoms with van der Waals surface area (Å²) >= 11 is 6.55. The average molecular weight is 281 g/mol. The molecule has 2 nitrogen and oxygen atoms in total. The minimum atomic E-state index is -0.0465. The predicted molar refractivity (Wildman–Crippen MR) is 72.9 cm³/mol. The summed E-state index contributed by atoms with van der Waals surface area (Å²) in [6, 6.07) is 0. The summed E-state index contributed by atoms with van der Waals surface area (Å²) in [4.78, 5) is 24.7. The molecule has 0 aromatic rings. The zero-order valence-electron chi connectivity index (χ0n) is 11.2. The molecule has 4 aliphatic carbocycles. The van der Waals surface area contributed by atoms with Crippen molar-refractivity contribution in [1.29, 1.82) is 0 Å². The van der Waals surface area contributed by atoms with Crippen molar-refractivity contribution in [1.82, 2.24) is 0 Å². The number of fused-ring (bicyclic) bond motifs is 2. The summed E-state index contributed by atoms with van der Waals surface area (Å²) in [5.74, 6) is 1.89. The van der Waals surface area contributed by atoms with Gasteiger partial charge in [0.1, 0.15) is 0 Å². The van der Waals surface area contributed by atoms with Crippen LogP contribution in [0.3, 0.4) is 0 Å². The van der Waals surface area contributed by atoms with Crippen LogP contribution in [-0.2, 0) is 9.59 Å². The van der Waals surface area contributed by atoms with Crippen molar-refractivity contribution in [2.24, 2.45) is 35.5 Å². The number of hydrogen-bond donors (Lipinski definition) is 0. The van der Waals surface area contributed by atoms with Crippen LogP contribution in [0.25, 0.3) is 0 Å². The van der Waals surface area contributed by atoms with E-state index in [1.165, 1.54) is 25.7 Å². The van der Waals surface area contributed by atoms with E-state index in [2.05, 4.69) is 0 Å². The molecule has 0 heterocycles. The zero-order valence-corrected chi connectivity index (χ0v) is 11.9. The van der Waals surface area contributed by atoms with Gasteiger partial charge >= 0.3 is 0 Å². The molecular weight excluding hydrogens is 260 g/mol. The van der Waals surface area contributed by atoms with Crippen LogP contribution >= 0.6 is 11.6 Å². The molecule has 19 heavy (non-hydrogen) atoms. The van der Waals surface area contributed by atoms with Crippen LogP contribution in [0.2, 0.25) is 0 Å². The van der Waals surface area contributed by atoms with E-state index in [0.717, 1.165) is 19.3 Å². The number of carbonyl (C=O) groups is 2. The molecule has 0 spiro atoms. The summed E-state index contributed by atoms with van der Waals surface area (Å²) in [6.07, 6.45) is 7.91. The zero-order chi connectivity index (χ0) is 13.1. The van der Waals surface area contributed by atoms with Gasteiger partial charge in [0.05, 0.1) is 0 Å². The van der Waals surface area contributed by atoms with E-state index in [1.807, 2.05) is 0 Å². The van der Waals surface area contributed by atoms with E-state index in [-0.39, 0.29) is 28.8 Å². The number of halogens is 1. The normalized spacial score (nSPS) is 52.8. The van der Waals surface area contributed by atoms with Crippen LogP contribution in [0.5, 0.6) is 0 Å². The highest BCUT2D eigenvalue weighted by Crippen LogP contribution is 2.59. The molecule has 0 aliphatic heterocycles. The maximum atomic E-state index is 12.5. The number of Topliss-reactive ketones (excluding diaryl/α,β-unsaturated/α-hetero) is 2. The lowest BCUT2D eigenvalue weighted by molar-refractivity contribution is -0.138. The first-order valence-corrected chi connectivity index (χ1v) is 8.34. The van der Waals surface area contributed by atoms with E-state index in [0.29, 0.717) is 23.7 Å². The Morgan fingerprint density at radius 1 is 0.895 bits per heavy atom. The van der Waals surface area contributed by atoms with Gasteiger partial charge in [-0.25, -0.2) is 0 Å². The minimum Gasteiger partial charge on any atom is -0.291 e. The fraction of sp³-hybridized carbons (Fsp3) is 0.875. The van der Waals surface area contributed by atoms with Gasteiger partial charge in [0, 0.05) is 17.2 Å². The van der Waals surface area contributed by atoms with Crippen molar-refractivity contribution in [2.75, 3.05) is 0 Å². The van der Waals surface area contributed by atoms with Gasteiger partial charge in [0.2, 0.25) is 11.6 Å². The Kier molecular flexibility index (Phi) is 2.81. The lowest BCUT2D eigenvalue weighted by Gasteiger charge is -2.50. The predicted octanol–water partition coefficient (Wildman–Crippen LogP) is 3.21. The van der Waals surface area contributed by atoms with Crippen LogP contribution in [0.15, 0.2) is 0 Å². The van der Waals surface area contributed by atoms with Crippen LogP contribution in [-0.4, -0.2) is 16.9 Å². The van der Waals surface area contributed by atoms with E-state index < -0.39 is 0 Å². The lowest BCUT2D eigenvalue weighted by atomic mass is 9.55. The Balaban J connectivity index is 1.75. The highest BCUT2D eigenvalue weighted by molar-refractivity contribution is 6.41. The van der Waals surface area contributed by atoms with Crippen molar-refractivity contribution in [3.63, 3.8) is 0 Å². The van der Waals surface area contributed by atoms with E-state index in [1.54, 1.807) is 0 Å². The molecule has 4 aliphatic rings. The van der Waals surface area contributed by atoms with Gasteiger partial charge < -0.3 is 0 Å². The van der Waals surface area contributed by atoms with Crippen LogP contribution in [0.4, 0.5) is 0 Å². The monoisotopic (exact) mass is 280 g/mol. The third-order valence-corrected chi connectivity index (χ3v) is 7.02. The fourth-order valence-corrected chi connectivity index (χ4v) is 6.16.